The van der Waals surface area contributed by atoms with Gasteiger partial charge in [0.2, 0.25) is 0 Å². The van der Waals surface area contributed by atoms with Crippen LogP contribution in [-0.2, 0) is 4.79 Å². The molecule has 1 amide bonds. The van der Waals surface area contributed by atoms with Crippen LogP contribution in [0.2, 0.25) is 0 Å². The number of carbonyl (C=O) groups is 2. The summed E-state index contributed by atoms with van der Waals surface area (Å²) in [4.78, 5) is 24.2. The Bertz CT molecular complexity index is 578. The largest absolute Gasteiger partial charge is 0.481 e. The quantitative estimate of drug-likeness (QED) is 0.781. The molecule has 0 bridgehead atoms. The molecule has 134 valence electrons. The van der Waals surface area contributed by atoms with Gasteiger partial charge in [0.15, 0.2) is 0 Å². The lowest BCUT2D eigenvalue weighted by molar-refractivity contribution is -0.142. The first-order valence-electron chi connectivity index (χ1n) is 9.07. The number of hydrogen-bond acceptors (Lipinski definition) is 3. The van der Waals surface area contributed by atoms with Gasteiger partial charge in [0.25, 0.3) is 5.91 Å². The van der Waals surface area contributed by atoms with Crippen molar-refractivity contribution in [3.63, 3.8) is 0 Å². The molecule has 1 heterocycles. The molecule has 1 aromatic heterocycles. The van der Waals surface area contributed by atoms with Crippen LogP contribution in [-0.4, -0.2) is 32.8 Å². The maximum atomic E-state index is 12.7. The smallest absolute Gasteiger partial charge is 0.308 e. The van der Waals surface area contributed by atoms with E-state index in [-0.39, 0.29) is 18.0 Å². The predicted molar refractivity (Wildman–Crippen MR) is 92.0 cm³/mol. The lowest BCUT2D eigenvalue weighted by Gasteiger charge is -2.23. The number of nitrogens with zero attached hydrogens (tertiary/aromatic N) is 2. The van der Waals surface area contributed by atoms with Gasteiger partial charge in [0.1, 0.15) is 0 Å². The van der Waals surface area contributed by atoms with E-state index in [1.165, 1.54) is 0 Å². The van der Waals surface area contributed by atoms with Crippen LogP contribution in [0.15, 0.2) is 6.20 Å². The first kappa shape index (κ1) is 18.5. The Balaban J connectivity index is 2.15. The van der Waals surface area contributed by atoms with Crippen molar-refractivity contribution >= 4 is 11.9 Å². The molecule has 0 radical (unpaired) electrons. The van der Waals surface area contributed by atoms with E-state index in [1.54, 1.807) is 6.20 Å². The van der Waals surface area contributed by atoms with Crippen molar-refractivity contribution in [2.75, 3.05) is 0 Å². The molecule has 0 aromatic carbocycles. The molecule has 24 heavy (non-hydrogen) atoms. The van der Waals surface area contributed by atoms with Gasteiger partial charge < -0.3 is 10.4 Å². The molecule has 1 aliphatic rings. The topological polar surface area (TPSA) is 84.2 Å². The molecule has 2 atom stereocenters. The minimum atomic E-state index is -0.813. The van der Waals surface area contributed by atoms with E-state index in [9.17, 15) is 14.7 Å². The molecule has 0 spiro atoms. The van der Waals surface area contributed by atoms with E-state index >= 15 is 0 Å². The monoisotopic (exact) mass is 335 g/mol. The molecule has 1 saturated carbocycles. The standard InChI is InChI=1S/C18H29N3O3/c1-4-13(5-2)21-12(3)15(11-19-21)17(22)20-16-10-8-6-7-9-14(16)18(23)24/h11,13-14,16H,4-10H2,1-3H3,(H,20,22)(H,23,24)/t14-,16+/m1/s1. The molecule has 0 saturated heterocycles. The molecule has 0 aliphatic heterocycles. The number of carboxylic acid groups (broad SMARTS) is 1. The Hall–Kier alpha value is -1.85. The zero-order valence-electron chi connectivity index (χ0n) is 14.9. The number of carboxylic acids is 1. The molecule has 1 aliphatic carbocycles. The second kappa shape index (κ2) is 8.31. The highest BCUT2D eigenvalue weighted by Crippen LogP contribution is 2.25. The highest BCUT2D eigenvalue weighted by molar-refractivity contribution is 5.95. The Morgan fingerprint density at radius 1 is 1.29 bits per heavy atom. The average molecular weight is 335 g/mol. The fourth-order valence-corrected chi connectivity index (χ4v) is 3.67. The summed E-state index contributed by atoms with van der Waals surface area (Å²) in [7, 11) is 0. The van der Waals surface area contributed by atoms with Crippen molar-refractivity contribution in [2.45, 2.75) is 77.8 Å². The van der Waals surface area contributed by atoms with Crippen molar-refractivity contribution in [1.82, 2.24) is 15.1 Å². The summed E-state index contributed by atoms with van der Waals surface area (Å²) in [6, 6.07) is -0.00963. The van der Waals surface area contributed by atoms with Gasteiger partial charge >= 0.3 is 5.97 Å². The number of aromatic nitrogens is 2. The van der Waals surface area contributed by atoms with Crippen molar-refractivity contribution in [3.8, 4) is 0 Å². The Labute approximate surface area is 143 Å². The van der Waals surface area contributed by atoms with Crippen LogP contribution in [0.3, 0.4) is 0 Å². The predicted octanol–water partition coefficient (Wildman–Crippen LogP) is 3.32. The molecule has 6 nitrogen and oxygen atoms in total. The normalized spacial score (nSPS) is 21.5. The van der Waals surface area contributed by atoms with Crippen molar-refractivity contribution in [2.24, 2.45) is 5.92 Å². The van der Waals surface area contributed by atoms with Crippen molar-refractivity contribution < 1.29 is 14.7 Å². The second-order valence-corrected chi connectivity index (χ2v) is 6.72. The molecule has 0 unspecified atom stereocenters. The van der Waals surface area contributed by atoms with Gasteiger partial charge in [-0.2, -0.15) is 5.10 Å². The van der Waals surface area contributed by atoms with E-state index in [2.05, 4.69) is 24.3 Å². The second-order valence-electron chi connectivity index (χ2n) is 6.72. The SMILES string of the molecule is CCC(CC)n1ncc(C(=O)N[C@H]2CCCCC[C@H]2C(=O)O)c1C. The number of amides is 1. The van der Waals surface area contributed by atoms with E-state index in [0.717, 1.165) is 44.2 Å². The number of nitrogens with one attached hydrogen (secondary N) is 1. The summed E-state index contributed by atoms with van der Waals surface area (Å²) in [6.07, 6.45) is 7.79. The van der Waals surface area contributed by atoms with Crippen LogP contribution >= 0.6 is 0 Å². The fourth-order valence-electron chi connectivity index (χ4n) is 3.67. The minimum absolute atomic E-state index is 0.206. The molecule has 1 aromatic rings. The van der Waals surface area contributed by atoms with Gasteiger partial charge in [-0.3, -0.25) is 14.3 Å². The van der Waals surface area contributed by atoms with E-state index in [1.807, 2.05) is 11.6 Å². The lowest BCUT2D eigenvalue weighted by Crippen LogP contribution is -2.43. The highest BCUT2D eigenvalue weighted by Gasteiger charge is 2.31. The summed E-state index contributed by atoms with van der Waals surface area (Å²) in [5, 5.41) is 16.8. The number of rotatable bonds is 6. The molecule has 2 N–H and O–H groups in total. The summed E-state index contributed by atoms with van der Waals surface area (Å²) in [5.41, 5.74) is 1.40. The van der Waals surface area contributed by atoms with E-state index in [4.69, 9.17) is 0 Å². The van der Waals surface area contributed by atoms with Gasteiger partial charge in [-0.25, -0.2) is 0 Å². The first-order chi connectivity index (χ1) is 11.5. The lowest BCUT2D eigenvalue weighted by atomic mass is 9.94. The average Bonchev–Trinajstić information content (AvgIpc) is 2.78. The highest BCUT2D eigenvalue weighted by atomic mass is 16.4. The van der Waals surface area contributed by atoms with Crippen LogP contribution in [0.5, 0.6) is 0 Å². The van der Waals surface area contributed by atoms with Crippen LogP contribution in [0.25, 0.3) is 0 Å². The summed E-state index contributed by atoms with van der Waals surface area (Å²) >= 11 is 0. The molecule has 6 heteroatoms. The zero-order valence-corrected chi connectivity index (χ0v) is 14.9. The maximum Gasteiger partial charge on any atom is 0.308 e. The number of aliphatic carboxylic acids is 1. The third-order valence-corrected chi connectivity index (χ3v) is 5.23. The number of hydrogen-bond donors (Lipinski definition) is 2. The molecule has 2 rings (SSSR count). The van der Waals surface area contributed by atoms with E-state index < -0.39 is 11.9 Å². The fraction of sp³-hybridized carbons (Fsp3) is 0.722. The van der Waals surface area contributed by atoms with Crippen LogP contribution < -0.4 is 5.32 Å². The minimum Gasteiger partial charge on any atom is -0.481 e. The van der Waals surface area contributed by atoms with Crippen LogP contribution in [0.4, 0.5) is 0 Å². The van der Waals surface area contributed by atoms with Gasteiger partial charge in [-0.05, 0) is 32.6 Å². The summed E-state index contributed by atoms with van der Waals surface area (Å²) in [5.74, 6) is -1.51. The summed E-state index contributed by atoms with van der Waals surface area (Å²) in [6.45, 7) is 6.12. The molecular weight excluding hydrogens is 306 g/mol. The van der Waals surface area contributed by atoms with Crippen LogP contribution in [0, 0.1) is 12.8 Å². The van der Waals surface area contributed by atoms with Crippen molar-refractivity contribution in [3.05, 3.63) is 17.5 Å². The van der Waals surface area contributed by atoms with Gasteiger partial charge in [0, 0.05) is 11.7 Å². The molecule has 1 fully saturated rings. The van der Waals surface area contributed by atoms with Gasteiger partial charge in [-0.15, -0.1) is 0 Å². The third kappa shape index (κ3) is 3.97. The maximum absolute atomic E-state index is 12.7. The van der Waals surface area contributed by atoms with Gasteiger partial charge in [0.05, 0.1) is 23.7 Å². The first-order valence-corrected chi connectivity index (χ1v) is 9.07. The Morgan fingerprint density at radius 3 is 2.58 bits per heavy atom. The van der Waals surface area contributed by atoms with E-state index in [0.29, 0.717) is 12.0 Å². The van der Waals surface area contributed by atoms with Gasteiger partial charge in [-0.1, -0.05) is 33.1 Å². The zero-order chi connectivity index (χ0) is 17.7. The van der Waals surface area contributed by atoms with Crippen LogP contribution in [0.1, 0.15) is 80.9 Å². The summed E-state index contributed by atoms with van der Waals surface area (Å²) < 4.78 is 1.91. The Kier molecular flexibility index (Phi) is 6.40. The third-order valence-electron chi connectivity index (χ3n) is 5.23. The Morgan fingerprint density at radius 2 is 1.96 bits per heavy atom. The molecular formula is C18H29N3O3. The van der Waals surface area contributed by atoms with Crippen molar-refractivity contribution in [1.29, 1.82) is 0 Å². The number of carbonyl (C=O) groups excluding carboxylic acids is 1.